The highest BCUT2D eigenvalue weighted by atomic mass is 19.1. The first-order valence-corrected chi connectivity index (χ1v) is 12.6. The molecule has 0 saturated carbocycles. The minimum absolute atomic E-state index is 0.0302. The van der Waals surface area contributed by atoms with E-state index >= 15 is 8.78 Å². The smallest absolute Gasteiger partial charge is 0.143 e. The van der Waals surface area contributed by atoms with E-state index in [9.17, 15) is 9.50 Å². The van der Waals surface area contributed by atoms with E-state index in [-0.39, 0.29) is 25.2 Å². The highest BCUT2D eigenvalue weighted by Gasteiger charge is 2.40. The number of aliphatic hydroxyl groups is 1. The molecule has 5 nitrogen and oxygen atoms in total. The van der Waals surface area contributed by atoms with Crippen molar-refractivity contribution in [2.24, 2.45) is 5.92 Å². The summed E-state index contributed by atoms with van der Waals surface area (Å²) in [4.78, 5) is 7.53. The fourth-order valence-corrected chi connectivity index (χ4v) is 5.59. The lowest BCUT2D eigenvalue weighted by Gasteiger charge is -2.43. The molecule has 8 heteroatoms. The number of ether oxygens (including phenoxy) is 1. The Balaban J connectivity index is 1.43. The monoisotopic (exact) mass is 501 g/mol. The highest BCUT2D eigenvalue weighted by molar-refractivity contribution is 5.85. The quantitative estimate of drug-likeness (QED) is 0.449. The van der Waals surface area contributed by atoms with Crippen molar-refractivity contribution >= 4 is 10.9 Å². The van der Waals surface area contributed by atoms with Gasteiger partial charge in [-0.05, 0) is 38.0 Å². The number of hydrogen-bond acceptors (Lipinski definition) is 4. The molecular weight excluding hydrogens is 467 g/mol. The van der Waals surface area contributed by atoms with Gasteiger partial charge in [0.15, 0.2) is 0 Å². The molecule has 2 aliphatic rings. The van der Waals surface area contributed by atoms with Crippen LogP contribution in [0.15, 0.2) is 42.5 Å². The van der Waals surface area contributed by atoms with Gasteiger partial charge in [0.25, 0.3) is 0 Å². The maximum absolute atomic E-state index is 15.6. The number of benzene rings is 2. The summed E-state index contributed by atoms with van der Waals surface area (Å²) in [5.74, 6) is 0.123. The Bertz CT molecular complexity index is 1210. The highest BCUT2D eigenvalue weighted by Crippen LogP contribution is 2.42. The molecule has 3 aromatic rings. The van der Waals surface area contributed by atoms with Gasteiger partial charge in [0, 0.05) is 66.4 Å². The van der Waals surface area contributed by atoms with Crippen LogP contribution in [-0.4, -0.2) is 77.7 Å². The fourth-order valence-electron chi connectivity index (χ4n) is 5.59. The largest absolute Gasteiger partial charge is 0.492 e. The first-order chi connectivity index (χ1) is 17.3. The van der Waals surface area contributed by atoms with Crippen LogP contribution in [0, 0.1) is 11.7 Å². The van der Waals surface area contributed by atoms with Gasteiger partial charge in [-0.25, -0.2) is 8.78 Å². The molecule has 3 atom stereocenters. The van der Waals surface area contributed by atoms with Crippen molar-refractivity contribution in [3.05, 3.63) is 65.1 Å². The molecule has 5 rings (SSSR count). The standard InChI is InChI=1S/C28H34F3N3O2/c1-18-11-23-21-5-3-4-6-25(21)32-26(23)27(34(18)16-28(2,31)17-35)22-8-7-20(12-24(22)30)36-10-9-33-14-19(13-29)15-33/h3-8,12,18-19,27,32,35H,9-11,13-17H2,1-2H3/t18-,27-,28-/m1/s1. The van der Waals surface area contributed by atoms with E-state index in [1.54, 1.807) is 12.1 Å². The Labute approximate surface area is 209 Å². The van der Waals surface area contributed by atoms with Crippen molar-refractivity contribution in [3.63, 3.8) is 0 Å². The third-order valence-electron chi connectivity index (χ3n) is 7.55. The van der Waals surface area contributed by atoms with Crippen LogP contribution in [-0.2, 0) is 6.42 Å². The lowest BCUT2D eigenvalue weighted by atomic mass is 9.87. The molecule has 2 aliphatic heterocycles. The Morgan fingerprint density at radius 2 is 1.97 bits per heavy atom. The summed E-state index contributed by atoms with van der Waals surface area (Å²) in [6.07, 6.45) is 0.694. The number of hydrogen-bond donors (Lipinski definition) is 2. The predicted octanol–water partition coefficient (Wildman–Crippen LogP) is 4.64. The Kier molecular flexibility index (Phi) is 7.03. The summed E-state index contributed by atoms with van der Waals surface area (Å²) in [7, 11) is 0. The molecule has 0 amide bonds. The lowest BCUT2D eigenvalue weighted by Crippen LogP contribution is -2.49. The molecule has 36 heavy (non-hydrogen) atoms. The number of para-hydroxylation sites is 1. The molecule has 0 aliphatic carbocycles. The summed E-state index contributed by atoms with van der Waals surface area (Å²) in [5.41, 5.74) is 1.55. The van der Waals surface area contributed by atoms with Crippen LogP contribution < -0.4 is 4.74 Å². The van der Waals surface area contributed by atoms with Crippen LogP contribution in [0.1, 0.15) is 36.7 Å². The second-order valence-corrected chi connectivity index (χ2v) is 10.6. The molecule has 194 valence electrons. The summed E-state index contributed by atoms with van der Waals surface area (Å²) in [6, 6.07) is 12.2. The molecule has 0 spiro atoms. The number of aliphatic hydroxyl groups excluding tert-OH is 1. The van der Waals surface area contributed by atoms with Gasteiger partial charge in [-0.3, -0.25) is 14.2 Å². The Hall–Kier alpha value is -2.55. The molecule has 2 N–H and O–H groups in total. The molecule has 0 unspecified atom stereocenters. The zero-order chi connectivity index (χ0) is 25.4. The van der Waals surface area contributed by atoms with Gasteiger partial charge < -0.3 is 14.8 Å². The minimum atomic E-state index is -1.83. The fraction of sp³-hybridized carbons (Fsp3) is 0.500. The Morgan fingerprint density at radius 1 is 1.19 bits per heavy atom. The van der Waals surface area contributed by atoms with Crippen molar-refractivity contribution in [3.8, 4) is 5.75 Å². The van der Waals surface area contributed by atoms with E-state index in [0.717, 1.165) is 35.2 Å². The molecule has 1 fully saturated rings. The summed E-state index contributed by atoms with van der Waals surface area (Å²) in [5, 5.41) is 10.7. The topological polar surface area (TPSA) is 51.7 Å². The third kappa shape index (κ3) is 4.86. The Morgan fingerprint density at radius 3 is 2.69 bits per heavy atom. The number of fused-ring (bicyclic) bond motifs is 3. The van der Waals surface area contributed by atoms with Crippen molar-refractivity contribution < 1.29 is 23.0 Å². The van der Waals surface area contributed by atoms with Crippen LogP contribution in [0.5, 0.6) is 5.75 Å². The molecule has 2 aromatic carbocycles. The lowest BCUT2D eigenvalue weighted by molar-refractivity contribution is 0.0169. The van der Waals surface area contributed by atoms with Gasteiger partial charge in [-0.15, -0.1) is 0 Å². The van der Waals surface area contributed by atoms with Gasteiger partial charge in [0.05, 0.1) is 19.3 Å². The van der Waals surface area contributed by atoms with Gasteiger partial charge in [-0.2, -0.15) is 0 Å². The van der Waals surface area contributed by atoms with E-state index in [1.165, 1.54) is 13.0 Å². The molecule has 1 saturated heterocycles. The van der Waals surface area contributed by atoms with Crippen molar-refractivity contribution in [1.82, 2.24) is 14.8 Å². The molecule has 1 aromatic heterocycles. The molecule has 0 bridgehead atoms. The zero-order valence-corrected chi connectivity index (χ0v) is 20.8. The predicted molar refractivity (Wildman–Crippen MR) is 134 cm³/mol. The SMILES string of the molecule is C[C@@H]1Cc2c([nH]c3ccccc23)[C@@H](c2ccc(OCCN3CC(CF)C3)cc2F)N1C[C@@](C)(F)CO. The van der Waals surface area contributed by atoms with Crippen LogP contribution in [0.25, 0.3) is 10.9 Å². The first-order valence-electron chi connectivity index (χ1n) is 12.6. The molecule has 0 radical (unpaired) electrons. The van der Waals surface area contributed by atoms with Crippen LogP contribution in [0.3, 0.4) is 0 Å². The van der Waals surface area contributed by atoms with Crippen molar-refractivity contribution in [2.45, 2.75) is 38.0 Å². The van der Waals surface area contributed by atoms with Crippen LogP contribution in [0.2, 0.25) is 0 Å². The second kappa shape index (κ2) is 10.1. The van der Waals surface area contributed by atoms with Gasteiger partial charge in [0.2, 0.25) is 0 Å². The molecule has 3 heterocycles. The van der Waals surface area contributed by atoms with E-state index in [1.807, 2.05) is 30.0 Å². The van der Waals surface area contributed by atoms with Gasteiger partial charge >= 0.3 is 0 Å². The van der Waals surface area contributed by atoms with E-state index in [2.05, 4.69) is 16.0 Å². The average Bonchev–Trinajstić information content (AvgIpc) is 3.19. The number of likely N-dealkylation sites (tertiary alicyclic amines) is 1. The number of alkyl halides is 2. The molecular formula is C28H34F3N3O2. The van der Waals surface area contributed by atoms with Crippen LogP contribution >= 0.6 is 0 Å². The second-order valence-electron chi connectivity index (χ2n) is 10.6. The number of rotatable bonds is 9. The van der Waals surface area contributed by atoms with Gasteiger partial charge in [-0.1, -0.05) is 24.3 Å². The van der Waals surface area contributed by atoms with Crippen molar-refractivity contribution in [1.29, 1.82) is 0 Å². The van der Waals surface area contributed by atoms with Crippen LogP contribution in [0.4, 0.5) is 13.2 Å². The summed E-state index contributed by atoms with van der Waals surface area (Å²) in [6.45, 7) is 4.99. The third-order valence-corrected chi connectivity index (χ3v) is 7.55. The zero-order valence-electron chi connectivity index (χ0n) is 20.8. The first kappa shape index (κ1) is 25.1. The minimum Gasteiger partial charge on any atom is -0.492 e. The number of nitrogens with one attached hydrogen (secondary N) is 1. The van der Waals surface area contributed by atoms with E-state index < -0.39 is 24.1 Å². The number of aromatic nitrogens is 1. The average molecular weight is 502 g/mol. The number of halogens is 3. The number of nitrogens with zero attached hydrogens (tertiary/aromatic N) is 2. The van der Waals surface area contributed by atoms with E-state index in [0.29, 0.717) is 30.9 Å². The number of aromatic amines is 1. The van der Waals surface area contributed by atoms with E-state index in [4.69, 9.17) is 4.74 Å². The summed E-state index contributed by atoms with van der Waals surface area (Å²) < 4.78 is 49.1. The number of H-pyrrole nitrogens is 1. The van der Waals surface area contributed by atoms with Crippen molar-refractivity contribution in [2.75, 3.05) is 46.1 Å². The summed E-state index contributed by atoms with van der Waals surface area (Å²) >= 11 is 0. The van der Waals surface area contributed by atoms with Gasteiger partial charge in [0.1, 0.15) is 23.8 Å². The maximum Gasteiger partial charge on any atom is 0.143 e. The normalized spacial score (nSPS) is 22.8. The maximum atomic E-state index is 15.6.